The van der Waals surface area contributed by atoms with E-state index in [1.165, 1.54) is 24.3 Å². The number of benzene rings is 2. The summed E-state index contributed by atoms with van der Waals surface area (Å²) in [5.41, 5.74) is 5.60. The minimum absolute atomic E-state index is 0.287. The van der Waals surface area contributed by atoms with Crippen LogP contribution in [0.5, 0.6) is 5.75 Å². The first-order valence-electron chi connectivity index (χ1n) is 6.85. The molecule has 1 N–H and O–H groups in total. The largest absolute Gasteiger partial charge is 0.573 e. The molecule has 1 aromatic heterocycles. The summed E-state index contributed by atoms with van der Waals surface area (Å²) in [6, 6.07) is 10.8. The fourth-order valence-electron chi connectivity index (χ4n) is 1.97. The van der Waals surface area contributed by atoms with E-state index in [9.17, 15) is 13.2 Å². The Balaban J connectivity index is 1.64. The molecule has 3 aromatic rings. The van der Waals surface area contributed by atoms with E-state index in [0.717, 1.165) is 16.6 Å². The molecule has 2 aromatic carbocycles. The molecule has 0 saturated carbocycles. The van der Waals surface area contributed by atoms with Crippen molar-refractivity contribution in [1.29, 1.82) is 0 Å². The second-order valence-corrected chi connectivity index (χ2v) is 4.75. The first kappa shape index (κ1) is 15.7. The molecule has 0 aliphatic carbocycles. The summed E-state index contributed by atoms with van der Waals surface area (Å²) in [5.74, 6) is -0.287. The van der Waals surface area contributed by atoms with Crippen LogP contribution in [0.25, 0.3) is 11.0 Å². The van der Waals surface area contributed by atoms with Gasteiger partial charge < -0.3 is 4.74 Å². The van der Waals surface area contributed by atoms with E-state index in [1.54, 1.807) is 18.6 Å². The lowest BCUT2D eigenvalue weighted by Crippen LogP contribution is -2.16. The zero-order chi connectivity index (χ0) is 17.0. The molecular formula is C16H11F3N4O. The van der Waals surface area contributed by atoms with E-state index in [1.807, 2.05) is 18.2 Å². The first-order chi connectivity index (χ1) is 11.5. The summed E-state index contributed by atoms with van der Waals surface area (Å²) < 4.78 is 40.0. The van der Waals surface area contributed by atoms with Gasteiger partial charge in [0.1, 0.15) is 5.75 Å². The third-order valence-electron chi connectivity index (χ3n) is 2.99. The Hall–Kier alpha value is -3.16. The molecule has 0 fully saturated rings. The molecule has 0 radical (unpaired) electrons. The van der Waals surface area contributed by atoms with Crippen LogP contribution in [0.4, 0.5) is 18.9 Å². The van der Waals surface area contributed by atoms with Crippen molar-refractivity contribution in [3.05, 3.63) is 60.4 Å². The van der Waals surface area contributed by atoms with Crippen LogP contribution in [-0.2, 0) is 0 Å². The van der Waals surface area contributed by atoms with Gasteiger partial charge in [0.05, 0.1) is 22.9 Å². The topological polar surface area (TPSA) is 59.4 Å². The average Bonchev–Trinajstić information content (AvgIpc) is 2.55. The number of hydrazone groups is 1. The number of aromatic nitrogens is 2. The van der Waals surface area contributed by atoms with Crippen molar-refractivity contribution in [2.24, 2.45) is 5.10 Å². The minimum atomic E-state index is -4.70. The van der Waals surface area contributed by atoms with Gasteiger partial charge in [-0.3, -0.25) is 15.4 Å². The number of rotatable bonds is 4. The fraction of sp³-hybridized carbons (Fsp3) is 0.0625. The molecule has 8 heteroatoms. The van der Waals surface area contributed by atoms with Gasteiger partial charge >= 0.3 is 6.36 Å². The molecule has 5 nitrogen and oxygen atoms in total. The van der Waals surface area contributed by atoms with Crippen LogP contribution in [0.2, 0.25) is 0 Å². The summed E-state index contributed by atoms with van der Waals surface area (Å²) in [6.07, 6.45) is 0.0935. The number of ether oxygens (including phenoxy) is 1. The lowest BCUT2D eigenvalue weighted by Gasteiger charge is -2.08. The molecule has 0 saturated heterocycles. The van der Waals surface area contributed by atoms with E-state index in [4.69, 9.17) is 0 Å². The Morgan fingerprint density at radius 3 is 2.38 bits per heavy atom. The summed E-state index contributed by atoms with van der Waals surface area (Å²) >= 11 is 0. The SMILES string of the molecule is FC(F)(F)Oc1ccc(N/N=C\c2ccc3nccnc3c2)cc1. The van der Waals surface area contributed by atoms with Crippen molar-refractivity contribution in [2.45, 2.75) is 6.36 Å². The predicted molar refractivity (Wildman–Crippen MR) is 83.9 cm³/mol. The third-order valence-corrected chi connectivity index (χ3v) is 2.99. The van der Waals surface area contributed by atoms with Crippen LogP contribution in [0.3, 0.4) is 0 Å². The highest BCUT2D eigenvalue weighted by Crippen LogP contribution is 2.23. The molecule has 0 unspecified atom stereocenters. The van der Waals surface area contributed by atoms with Crippen molar-refractivity contribution in [3.8, 4) is 5.75 Å². The first-order valence-corrected chi connectivity index (χ1v) is 6.85. The molecule has 0 bridgehead atoms. The molecule has 1 heterocycles. The van der Waals surface area contributed by atoms with Gasteiger partial charge in [-0.15, -0.1) is 13.2 Å². The maximum absolute atomic E-state index is 12.1. The zero-order valence-electron chi connectivity index (χ0n) is 12.2. The Bertz CT molecular complexity index is 863. The quantitative estimate of drug-likeness (QED) is 0.580. The monoisotopic (exact) mass is 332 g/mol. The van der Waals surface area contributed by atoms with Crippen LogP contribution in [-0.4, -0.2) is 22.5 Å². The molecule has 0 aliphatic rings. The van der Waals surface area contributed by atoms with Crippen molar-refractivity contribution in [2.75, 3.05) is 5.43 Å². The van der Waals surface area contributed by atoms with Gasteiger partial charge in [0.25, 0.3) is 0 Å². The molecule has 0 amide bonds. The Kier molecular flexibility index (Phi) is 4.28. The van der Waals surface area contributed by atoms with Crippen molar-refractivity contribution in [1.82, 2.24) is 9.97 Å². The van der Waals surface area contributed by atoms with Gasteiger partial charge in [-0.25, -0.2) is 0 Å². The molecule has 0 atom stereocenters. The van der Waals surface area contributed by atoms with E-state index in [-0.39, 0.29) is 5.75 Å². The van der Waals surface area contributed by atoms with Crippen molar-refractivity contribution >= 4 is 22.9 Å². The fourth-order valence-corrected chi connectivity index (χ4v) is 1.97. The summed E-state index contributed by atoms with van der Waals surface area (Å²) in [4.78, 5) is 8.37. The van der Waals surface area contributed by atoms with Crippen molar-refractivity contribution in [3.63, 3.8) is 0 Å². The van der Waals surface area contributed by atoms with E-state index >= 15 is 0 Å². The smallest absolute Gasteiger partial charge is 0.406 e. The van der Waals surface area contributed by atoms with Gasteiger partial charge in [-0.1, -0.05) is 6.07 Å². The standard InChI is InChI=1S/C16H11F3N4O/c17-16(18,19)24-13-4-2-12(3-5-13)23-22-10-11-1-6-14-15(9-11)21-8-7-20-14/h1-10,23H/b22-10-. The van der Waals surface area contributed by atoms with Crippen LogP contribution in [0, 0.1) is 0 Å². The number of hydrogen-bond acceptors (Lipinski definition) is 5. The molecule has 0 spiro atoms. The van der Waals surface area contributed by atoms with E-state index in [0.29, 0.717) is 5.69 Å². The highest BCUT2D eigenvalue weighted by Gasteiger charge is 2.30. The lowest BCUT2D eigenvalue weighted by atomic mass is 10.2. The summed E-state index contributed by atoms with van der Waals surface area (Å²) in [7, 11) is 0. The van der Waals surface area contributed by atoms with Gasteiger partial charge in [0, 0.05) is 12.4 Å². The van der Waals surface area contributed by atoms with Crippen LogP contribution in [0.15, 0.2) is 60.0 Å². The maximum atomic E-state index is 12.1. The highest BCUT2D eigenvalue weighted by molar-refractivity contribution is 5.86. The molecule has 3 rings (SSSR count). The number of hydrogen-bond donors (Lipinski definition) is 1. The van der Waals surface area contributed by atoms with Gasteiger partial charge in [-0.05, 0) is 42.0 Å². The van der Waals surface area contributed by atoms with Crippen LogP contribution >= 0.6 is 0 Å². The van der Waals surface area contributed by atoms with Gasteiger partial charge in [0.2, 0.25) is 0 Å². The Morgan fingerprint density at radius 1 is 0.958 bits per heavy atom. The third kappa shape index (κ3) is 4.19. The lowest BCUT2D eigenvalue weighted by molar-refractivity contribution is -0.274. The van der Waals surface area contributed by atoms with Gasteiger partial charge in [-0.2, -0.15) is 5.10 Å². The van der Waals surface area contributed by atoms with Crippen LogP contribution in [0.1, 0.15) is 5.56 Å². The Morgan fingerprint density at radius 2 is 1.67 bits per heavy atom. The predicted octanol–water partition coefficient (Wildman–Crippen LogP) is 3.97. The number of nitrogens with one attached hydrogen (secondary N) is 1. The minimum Gasteiger partial charge on any atom is -0.406 e. The van der Waals surface area contributed by atoms with Crippen LogP contribution < -0.4 is 10.2 Å². The normalized spacial score (nSPS) is 11.8. The number of halogens is 3. The number of alkyl halides is 3. The Labute approximate surface area is 134 Å². The maximum Gasteiger partial charge on any atom is 0.573 e. The van der Waals surface area contributed by atoms with Gasteiger partial charge in [0.15, 0.2) is 0 Å². The second-order valence-electron chi connectivity index (χ2n) is 4.75. The van der Waals surface area contributed by atoms with E-state index < -0.39 is 6.36 Å². The number of anilines is 1. The summed E-state index contributed by atoms with van der Waals surface area (Å²) in [6.45, 7) is 0. The molecule has 0 aliphatic heterocycles. The number of fused-ring (bicyclic) bond motifs is 1. The average molecular weight is 332 g/mol. The second kappa shape index (κ2) is 6.53. The number of nitrogens with zero attached hydrogens (tertiary/aromatic N) is 3. The zero-order valence-corrected chi connectivity index (χ0v) is 12.2. The molecular weight excluding hydrogens is 321 g/mol. The van der Waals surface area contributed by atoms with Crippen molar-refractivity contribution < 1.29 is 17.9 Å². The highest BCUT2D eigenvalue weighted by atomic mass is 19.4. The summed E-state index contributed by atoms with van der Waals surface area (Å²) in [5, 5.41) is 4.04. The molecule has 24 heavy (non-hydrogen) atoms. The molecule has 122 valence electrons. The van der Waals surface area contributed by atoms with E-state index in [2.05, 4.69) is 25.2 Å².